The molecule has 1 aromatic rings. The van der Waals surface area contributed by atoms with Gasteiger partial charge in [-0.3, -0.25) is 4.79 Å². The molecule has 0 saturated carbocycles. The molecule has 2 nitrogen and oxygen atoms in total. The van der Waals surface area contributed by atoms with Crippen molar-refractivity contribution in [1.82, 2.24) is 0 Å². The molecule has 0 aliphatic carbocycles. The van der Waals surface area contributed by atoms with Crippen LogP contribution in [0.15, 0.2) is 24.3 Å². The van der Waals surface area contributed by atoms with Gasteiger partial charge in [0, 0.05) is 11.1 Å². The van der Waals surface area contributed by atoms with Gasteiger partial charge in [-0.05, 0) is 13.8 Å². The van der Waals surface area contributed by atoms with Crippen LogP contribution in [0.3, 0.4) is 0 Å². The summed E-state index contributed by atoms with van der Waals surface area (Å²) in [6.45, 7) is 1.79. The normalized spacial score (nSPS) is 15.6. The van der Waals surface area contributed by atoms with Gasteiger partial charge in [0.15, 0.2) is 11.4 Å². The smallest absolute Gasteiger partial charge is 0.376 e. The third-order valence-corrected chi connectivity index (χ3v) is 2.38. The second-order valence-electron chi connectivity index (χ2n) is 3.67. The summed E-state index contributed by atoms with van der Waals surface area (Å²) in [5, 5.41) is 9.47. The van der Waals surface area contributed by atoms with Crippen LogP contribution >= 0.6 is 0 Å². The molecule has 0 fully saturated rings. The molecule has 5 heteroatoms. The number of Topliss-reactive ketones (excluding diaryl/α,β-unsaturated/α-hetero) is 1. The average molecular weight is 232 g/mol. The molecule has 1 aromatic carbocycles. The van der Waals surface area contributed by atoms with Gasteiger partial charge in [0.05, 0.1) is 0 Å². The SMILES string of the molecule is CC(=O)c1ccccc1C(C)(O)C(F)(F)F. The van der Waals surface area contributed by atoms with E-state index in [0.29, 0.717) is 6.92 Å². The van der Waals surface area contributed by atoms with Crippen molar-refractivity contribution in [3.63, 3.8) is 0 Å². The van der Waals surface area contributed by atoms with Crippen LogP contribution in [-0.2, 0) is 5.60 Å². The van der Waals surface area contributed by atoms with Crippen molar-refractivity contribution in [2.75, 3.05) is 0 Å². The fraction of sp³-hybridized carbons (Fsp3) is 0.364. The fourth-order valence-corrected chi connectivity index (χ4v) is 1.37. The van der Waals surface area contributed by atoms with E-state index in [1.807, 2.05) is 0 Å². The molecule has 0 aliphatic rings. The molecule has 16 heavy (non-hydrogen) atoms. The molecule has 0 aliphatic heterocycles. The first-order chi connectivity index (χ1) is 7.18. The summed E-state index contributed by atoms with van der Waals surface area (Å²) in [6, 6.07) is 5.16. The zero-order chi connectivity index (χ0) is 12.6. The van der Waals surface area contributed by atoms with Gasteiger partial charge in [-0.1, -0.05) is 24.3 Å². The van der Waals surface area contributed by atoms with Crippen LogP contribution < -0.4 is 0 Å². The Balaban J connectivity index is 3.39. The summed E-state index contributed by atoms with van der Waals surface area (Å²) >= 11 is 0. The average Bonchev–Trinajstić information content (AvgIpc) is 2.16. The maximum absolute atomic E-state index is 12.6. The molecule has 0 spiro atoms. The second-order valence-corrected chi connectivity index (χ2v) is 3.67. The van der Waals surface area contributed by atoms with E-state index in [9.17, 15) is 23.1 Å². The number of ketones is 1. The number of halogens is 3. The highest BCUT2D eigenvalue weighted by atomic mass is 19.4. The van der Waals surface area contributed by atoms with E-state index in [4.69, 9.17) is 0 Å². The van der Waals surface area contributed by atoms with Crippen LogP contribution in [0.5, 0.6) is 0 Å². The van der Waals surface area contributed by atoms with E-state index in [0.717, 1.165) is 13.0 Å². The number of alkyl halides is 3. The number of hydrogen-bond acceptors (Lipinski definition) is 2. The third kappa shape index (κ3) is 2.09. The molecule has 0 radical (unpaired) electrons. The van der Waals surface area contributed by atoms with Gasteiger partial charge >= 0.3 is 6.18 Å². The van der Waals surface area contributed by atoms with Crippen molar-refractivity contribution in [3.8, 4) is 0 Å². The van der Waals surface area contributed by atoms with E-state index in [1.165, 1.54) is 18.2 Å². The summed E-state index contributed by atoms with van der Waals surface area (Å²) < 4.78 is 37.8. The Labute approximate surface area is 90.7 Å². The monoisotopic (exact) mass is 232 g/mol. The quantitative estimate of drug-likeness (QED) is 0.796. The van der Waals surface area contributed by atoms with Gasteiger partial charge in [0.2, 0.25) is 0 Å². The van der Waals surface area contributed by atoms with Crippen molar-refractivity contribution < 1.29 is 23.1 Å². The van der Waals surface area contributed by atoms with Crippen molar-refractivity contribution in [1.29, 1.82) is 0 Å². The number of benzene rings is 1. The van der Waals surface area contributed by atoms with E-state index in [1.54, 1.807) is 0 Å². The largest absolute Gasteiger partial charge is 0.421 e. The van der Waals surface area contributed by atoms with Gasteiger partial charge in [-0.25, -0.2) is 0 Å². The fourth-order valence-electron chi connectivity index (χ4n) is 1.37. The Kier molecular flexibility index (Phi) is 3.10. The predicted molar refractivity (Wildman–Crippen MR) is 52.1 cm³/mol. The molecule has 0 heterocycles. The lowest BCUT2D eigenvalue weighted by Gasteiger charge is -2.28. The van der Waals surface area contributed by atoms with E-state index >= 15 is 0 Å². The molecule has 1 rings (SSSR count). The van der Waals surface area contributed by atoms with Gasteiger partial charge in [0.1, 0.15) is 0 Å². The van der Waals surface area contributed by atoms with Crippen LogP contribution in [0.1, 0.15) is 29.8 Å². The molecular formula is C11H11F3O2. The first-order valence-electron chi connectivity index (χ1n) is 4.57. The zero-order valence-corrected chi connectivity index (χ0v) is 8.80. The Morgan fingerprint density at radius 3 is 2.19 bits per heavy atom. The minimum atomic E-state index is -4.82. The predicted octanol–water partition coefficient (Wildman–Crippen LogP) is 2.66. The van der Waals surface area contributed by atoms with E-state index < -0.39 is 23.1 Å². The van der Waals surface area contributed by atoms with Crippen LogP contribution in [0.4, 0.5) is 13.2 Å². The Hall–Kier alpha value is -1.36. The van der Waals surface area contributed by atoms with E-state index in [2.05, 4.69) is 0 Å². The Morgan fingerprint density at radius 1 is 1.25 bits per heavy atom. The van der Waals surface area contributed by atoms with E-state index in [-0.39, 0.29) is 5.56 Å². The van der Waals surface area contributed by atoms with Gasteiger partial charge in [-0.15, -0.1) is 0 Å². The van der Waals surface area contributed by atoms with Crippen LogP contribution in [0, 0.1) is 0 Å². The second kappa shape index (κ2) is 3.90. The van der Waals surface area contributed by atoms with Crippen molar-refractivity contribution in [2.24, 2.45) is 0 Å². The zero-order valence-electron chi connectivity index (χ0n) is 8.80. The molecule has 1 unspecified atom stereocenters. The van der Waals surface area contributed by atoms with Crippen LogP contribution in [0.25, 0.3) is 0 Å². The maximum Gasteiger partial charge on any atom is 0.421 e. The van der Waals surface area contributed by atoms with Crippen LogP contribution in [0.2, 0.25) is 0 Å². The van der Waals surface area contributed by atoms with Gasteiger partial charge in [-0.2, -0.15) is 13.2 Å². The minimum absolute atomic E-state index is 0.121. The molecule has 0 saturated heterocycles. The molecule has 0 bridgehead atoms. The molecule has 88 valence electrons. The Bertz CT molecular complexity index is 408. The first-order valence-corrected chi connectivity index (χ1v) is 4.57. The number of hydrogen-bond donors (Lipinski definition) is 1. The highest BCUT2D eigenvalue weighted by Crippen LogP contribution is 2.39. The van der Waals surface area contributed by atoms with Crippen molar-refractivity contribution >= 4 is 5.78 Å². The standard InChI is InChI=1S/C11H11F3O2/c1-7(15)8-5-3-4-6-9(8)10(2,16)11(12,13)14/h3-6,16H,1-2H3. The number of aliphatic hydroxyl groups is 1. The summed E-state index contributed by atoms with van der Waals surface area (Å²) in [7, 11) is 0. The van der Waals surface area contributed by atoms with Gasteiger partial charge < -0.3 is 5.11 Å². The summed E-state index contributed by atoms with van der Waals surface area (Å²) in [6.07, 6.45) is -4.82. The number of rotatable bonds is 2. The molecule has 0 amide bonds. The number of carbonyl (C=O) groups excluding carboxylic acids is 1. The highest BCUT2D eigenvalue weighted by Gasteiger charge is 2.52. The van der Waals surface area contributed by atoms with Crippen molar-refractivity contribution in [3.05, 3.63) is 35.4 Å². The topological polar surface area (TPSA) is 37.3 Å². The van der Waals surface area contributed by atoms with Crippen molar-refractivity contribution in [2.45, 2.75) is 25.6 Å². The van der Waals surface area contributed by atoms with Gasteiger partial charge in [0.25, 0.3) is 0 Å². The molecule has 0 aromatic heterocycles. The Morgan fingerprint density at radius 2 is 1.75 bits per heavy atom. The lowest BCUT2D eigenvalue weighted by atomic mass is 9.89. The highest BCUT2D eigenvalue weighted by molar-refractivity contribution is 5.95. The molecule has 1 N–H and O–H groups in total. The minimum Gasteiger partial charge on any atom is -0.376 e. The lowest BCUT2D eigenvalue weighted by Crippen LogP contribution is -2.40. The third-order valence-electron chi connectivity index (χ3n) is 2.38. The molecule has 1 atom stereocenters. The summed E-state index contributed by atoms with van der Waals surface area (Å²) in [5.74, 6) is -0.514. The first kappa shape index (κ1) is 12.7. The maximum atomic E-state index is 12.6. The summed E-state index contributed by atoms with van der Waals surface area (Å²) in [5.41, 5.74) is -3.56. The number of carbonyl (C=O) groups is 1. The van der Waals surface area contributed by atoms with Crippen LogP contribution in [-0.4, -0.2) is 17.1 Å². The lowest BCUT2D eigenvalue weighted by molar-refractivity contribution is -0.259. The molecular weight excluding hydrogens is 221 g/mol. The summed E-state index contributed by atoms with van der Waals surface area (Å²) in [4.78, 5) is 11.2.